The highest BCUT2D eigenvalue weighted by Crippen LogP contribution is 2.49. The topological polar surface area (TPSA) is 49.3 Å². The van der Waals surface area contributed by atoms with Crippen LogP contribution in [0.1, 0.15) is 35.6 Å². The molecule has 3 nitrogen and oxygen atoms in total. The third-order valence-electron chi connectivity index (χ3n) is 5.07. The molecule has 0 bridgehead atoms. The lowest BCUT2D eigenvalue weighted by molar-refractivity contribution is -0.125. The molecule has 2 aromatic rings. The second-order valence-electron chi connectivity index (χ2n) is 6.51. The molecule has 0 radical (unpaired) electrons. The van der Waals surface area contributed by atoms with Crippen molar-refractivity contribution in [2.24, 2.45) is 0 Å². The molecule has 4 rings (SSSR count). The van der Waals surface area contributed by atoms with Crippen LogP contribution >= 0.6 is 11.6 Å². The van der Waals surface area contributed by atoms with Crippen molar-refractivity contribution in [3.8, 4) is 0 Å². The number of hydrogen-bond acceptors (Lipinski definition) is 2. The van der Waals surface area contributed by atoms with Crippen LogP contribution in [0.15, 0.2) is 48.5 Å². The highest BCUT2D eigenvalue weighted by Gasteiger charge is 2.52. The lowest BCUT2D eigenvalue weighted by Crippen LogP contribution is -2.40. The van der Waals surface area contributed by atoms with Crippen molar-refractivity contribution in [1.82, 2.24) is 5.32 Å². The van der Waals surface area contributed by atoms with Gasteiger partial charge in [-0.2, -0.15) is 0 Å². The van der Waals surface area contributed by atoms with Crippen LogP contribution in [0, 0.1) is 0 Å². The highest BCUT2D eigenvalue weighted by atomic mass is 35.5. The monoisotopic (exact) mass is 327 g/mol. The van der Waals surface area contributed by atoms with Crippen molar-refractivity contribution in [3.63, 3.8) is 0 Å². The molecule has 2 N–H and O–H groups in total. The fourth-order valence-electron chi connectivity index (χ4n) is 3.57. The SMILES string of the molecule is O=C(N[C@@H]1c2ccccc2C[C@@H]1O)C1(c2ccc(Cl)cc2)CC1. The number of benzene rings is 2. The Hall–Kier alpha value is -1.84. The predicted molar refractivity (Wildman–Crippen MR) is 89.4 cm³/mol. The Kier molecular flexibility index (Phi) is 3.43. The van der Waals surface area contributed by atoms with Gasteiger partial charge < -0.3 is 10.4 Å². The molecule has 2 aromatic carbocycles. The fraction of sp³-hybridized carbons (Fsp3) is 0.316. The molecule has 4 heteroatoms. The van der Waals surface area contributed by atoms with Crippen molar-refractivity contribution in [2.45, 2.75) is 36.8 Å². The molecule has 23 heavy (non-hydrogen) atoms. The van der Waals surface area contributed by atoms with Crippen LogP contribution in [-0.2, 0) is 16.6 Å². The average Bonchev–Trinajstić information content (AvgIpc) is 3.30. The largest absolute Gasteiger partial charge is 0.390 e. The third-order valence-corrected chi connectivity index (χ3v) is 5.32. The number of aliphatic hydroxyl groups is 1. The number of carbonyl (C=O) groups excluding carboxylic acids is 1. The van der Waals surface area contributed by atoms with Gasteiger partial charge in [0.15, 0.2) is 0 Å². The number of carbonyl (C=O) groups is 1. The first-order chi connectivity index (χ1) is 11.1. The summed E-state index contributed by atoms with van der Waals surface area (Å²) in [6, 6.07) is 15.1. The molecule has 2 atom stereocenters. The number of rotatable bonds is 3. The molecule has 1 amide bonds. The molecule has 0 aromatic heterocycles. The van der Waals surface area contributed by atoms with E-state index in [1.165, 1.54) is 0 Å². The van der Waals surface area contributed by atoms with Crippen molar-refractivity contribution < 1.29 is 9.90 Å². The van der Waals surface area contributed by atoms with E-state index in [-0.39, 0.29) is 11.9 Å². The van der Waals surface area contributed by atoms with Gasteiger partial charge in [0, 0.05) is 11.4 Å². The summed E-state index contributed by atoms with van der Waals surface area (Å²) in [6.45, 7) is 0. The minimum Gasteiger partial charge on any atom is -0.390 e. The summed E-state index contributed by atoms with van der Waals surface area (Å²) in [5.74, 6) is 0.000533. The Morgan fingerprint density at radius 1 is 1.13 bits per heavy atom. The molecule has 1 saturated carbocycles. The Morgan fingerprint density at radius 2 is 1.83 bits per heavy atom. The van der Waals surface area contributed by atoms with Gasteiger partial charge in [0.1, 0.15) is 0 Å². The fourth-order valence-corrected chi connectivity index (χ4v) is 3.69. The van der Waals surface area contributed by atoms with E-state index in [1.54, 1.807) is 0 Å². The number of fused-ring (bicyclic) bond motifs is 1. The molecule has 2 aliphatic rings. The maximum Gasteiger partial charge on any atom is 0.231 e. The number of nitrogens with one attached hydrogen (secondary N) is 1. The number of hydrogen-bond donors (Lipinski definition) is 2. The molecular formula is C19H18ClNO2. The van der Waals surface area contributed by atoms with E-state index in [0.29, 0.717) is 11.4 Å². The van der Waals surface area contributed by atoms with E-state index in [0.717, 1.165) is 29.5 Å². The van der Waals surface area contributed by atoms with Crippen molar-refractivity contribution in [3.05, 3.63) is 70.2 Å². The summed E-state index contributed by atoms with van der Waals surface area (Å²) >= 11 is 5.94. The molecular weight excluding hydrogens is 310 g/mol. The van der Waals surface area contributed by atoms with E-state index >= 15 is 0 Å². The Balaban J connectivity index is 1.58. The second-order valence-corrected chi connectivity index (χ2v) is 6.95. The van der Waals surface area contributed by atoms with E-state index in [2.05, 4.69) is 5.32 Å². The highest BCUT2D eigenvalue weighted by molar-refractivity contribution is 6.30. The van der Waals surface area contributed by atoms with Gasteiger partial charge in [-0.25, -0.2) is 0 Å². The molecule has 118 valence electrons. The summed E-state index contributed by atoms with van der Waals surface area (Å²) in [5, 5.41) is 14.1. The summed E-state index contributed by atoms with van der Waals surface area (Å²) in [6.07, 6.45) is 1.71. The van der Waals surface area contributed by atoms with Crippen LogP contribution in [-0.4, -0.2) is 17.1 Å². The van der Waals surface area contributed by atoms with Crippen LogP contribution in [0.3, 0.4) is 0 Å². The zero-order valence-electron chi connectivity index (χ0n) is 12.6. The first kappa shape index (κ1) is 14.7. The van der Waals surface area contributed by atoms with Crippen LogP contribution in [0.2, 0.25) is 5.02 Å². The van der Waals surface area contributed by atoms with Gasteiger partial charge in [-0.3, -0.25) is 4.79 Å². The van der Waals surface area contributed by atoms with Gasteiger partial charge in [0.05, 0.1) is 17.6 Å². The van der Waals surface area contributed by atoms with Gasteiger partial charge >= 0.3 is 0 Å². The summed E-state index contributed by atoms with van der Waals surface area (Å²) in [4.78, 5) is 12.9. The lowest BCUT2D eigenvalue weighted by atomic mass is 9.94. The minimum atomic E-state index is -0.558. The van der Waals surface area contributed by atoms with Crippen LogP contribution < -0.4 is 5.32 Å². The molecule has 0 unspecified atom stereocenters. The number of aliphatic hydroxyl groups excluding tert-OH is 1. The first-order valence-corrected chi connectivity index (χ1v) is 8.31. The Labute approximate surface area is 140 Å². The molecule has 1 fully saturated rings. The number of amides is 1. The van der Waals surface area contributed by atoms with Crippen molar-refractivity contribution >= 4 is 17.5 Å². The molecule has 2 aliphatic carbocycles. The average molecular weight is 328 g/mol. The zero-order chi connectivity index (χ0) is 16.0. The quantitative estimate of drug-likeness (QED) is 0.910. The predicted octanol–water partition coefficient (Wildman–Crippen LogP) is 3.15. The molecule has 0 heterocycles. The first-order valence-electron chi connectivity index (χ1n) is 7.93. The normalized spacial score (nSPS) is 24.1. The zero-order valence-corrected chi connectivity index (χ0v) is 13.4. The maximum atomic E-state index is 12.9. The van der Waals surface area contributed by atoms with E-state index in [1.807, 2.05) is 48.5 Å². The van der Waals surface area contributed by atoms with Gasteiger partial charge in [-0.1, -0.05) is 48.0 Å². The number of halogens is 1. The van der Waals surface area contributed by atoms with Crippen LogP contribution in [0.25, 0.3) is 0 Å². The summed E-state index contributed by atoms with van der Waals surface area (Å²) in [7, 11) is 0. The van der Waals surface area contributed by atoms with Crippen LogP contribution in [0.5, 0.6) is 0 Å². The Bertz CT molecular complexity index is 752. The standard InChI is InChI=1S/C19H18ClNO2/c20-14-7-5-13(6-8-14)19(9-10-19)18(23)21-17-15-4-2-1-3-12(15)11-16(17)22/h1-8,16-17,22H,9-11H2,(H,21,23)/t16-,17+/m0/s1. The van der Waals surface area contributed by atoms with Crippen molar-refractivity contribution in [1.29, 1.82) is 0 Å². The third kappa shape index (κ3) is 2.44. The van der Waals surface area contributed by atoms with E-state index < -0.39 is 11.5 Å². The molecule has 0 saturated heterocycles. The van der Waals surface area contributed by atoms with Crippen LogP contribution in [0.4, 0.5) is 0 Å². The minimum absolute atomic E-state index is 0.000533. The van der Waals surface area contributed by atoms with Gasteiger partial charge in [0.2, 0.25) is 5.91 Å². The van der Waals surface area contributed by atoms with Crippen molar-refractivity contribution in [2.75, 3.05) is 0 Å². The summed E-state index contributed by atoms with van der Waals surface area (Å²) in [5.41, 5.74) is 2.68. The van der Waals surface area contributed by atoms with E-state index in [9.17, 15) is 9.90 Å². The molecule has 0 spiro atoms. The van der Waals surface area contributed by atoms with Gasteiger partial charge in [-0.05, 0) is 41.7 Å². The summed E-state index contributed by atoms with van der Waals surface area (Å²) < 4.78 is 0. The molecule has 0 aliphatic heterocycles. The van der Waals surface area contributed by atoms with E-state index in [4.69, 9.17) is 11.6 Å². The second kappa shape index (κ2) is 5.36. The van der Waals surface area contributed by atoms with Gasteiger partial charge in [0.25, 0.3) is 0 Å². The smallest absolute Gasteiger partial charge is 0.231 e. The Morgan fingerprint density at radius 3 is 2.52 bits per heavy atom. The lowest BCUT2D eigenvalue weighted by Gasteiger charge is -2.22. The van der Waals surface area contributed by atoms with Gasteiger partial charge in [-0.15, -0.1) is 0 Å². The maximum absolute atomic E-state index is 12.9.